The van der Waals surface area contributed by atoms with Crippen molar-refractivity contribution in [3.63, 3.8) is 0 Å². The van der Waals surface area contributed by atoms with Gasteiger partial charge in [0.1, 0.15) is 5.82 Å². The van der Waals surface area contributed by atoms with Crippen molar-refractivity contribution in [2.45, 2.75) is 17.6 Å². The van der Waals surface area contributed by atoms with E-state index in [4.69, 9.17) is 0 Å². The van der Waals surface area contributed by atoms with Crippen LogP contribution in [0.3, 0.4) is 0 Å². The molecule has 2 rings (SSSR count). The standard InChI is InChI=1S/C10H14N4O3S2/c1-7-9(18-10(15)13-7)19(16,17)12-4-3-8-11-5-6-14(8)2/h5-6,12H,3-4H2,1-2H3,(H,13,15). The molecule has 9 heteroatoms. The zero-order valence-corrected chi connectivity index (χ0v) is 12.1. The Hall–Kier alpha value is -1.45. The van der Waals surface area contributed by atoms with Crippen LogP contribution in [0.2, 0.25) is 0 Å². The van der Waals surface area contributed by atoms with E-state index >= 15 is 0 Å². The summed E-state index contributed by atoms with van der Waals surface area (Å²) in [6, 6.07) is 0. The lowest BCUT2D eigenvalue weighted by atomic mass is 10.4. The molecule has 0 bridgehead atoms. The smallest absolute Gasteiger partial charge is 0.305 e. The van der Waals surface area contributed by atoms with Crippen LogP contribution >= 0.6 is 11.3 Å². The van der Waals surface area contributed by atoms with Crippen LogP contribution in [-0.4, -0.2) is 29.5 Å². The number of rotatable bonds is 5. The van der Waals surface area contributed by atoms with Gasteiger partial charge in [-0.3, -0.25) is 4.79 Å². The van der Waals surface area contributed by atoms with Crippen molar-refractivity contribution in [3.8, 4) is 0 Å². The van der Waals surface area contributed by atoms with Gasteiger partial charge in [-0.1, -0.05) is 11.3 Å². The number of hydrogen-bond donors (Lipinski definition) is 2. The molecule has 0 saturated carbocycles. The number of H-pyrrole nitrogens is 1. The number of nitrogens with zero attached hydrogens (tertiary/aromatic N) is 2. The van der Waals surface area contributed by atoms with Crippen LogP contribution in [0.5, 0.6) is 0 Å². The summed E-state index contributed by atoms with van der Waals surface area (Å²) in [5.74, 6) is 0.793. The summed E-state index contributed by atoms with van der Waals surface area (Å²) in [5.41, 5.74) is 0.361. The number of aryl methyl sites for hydroxylation is 2. The number of aromatic amines is 1. The van der Waals surface area contributed by atoms with Crippen molar-refractivity contribution >= 4 is 21.4 Å². The predicted molar refractivity (Wildman–Crippen MR) is 71.8 cm³/mol. The number of nitrogens with one attached hydrogen (secondary N) is 2. The normalized spacial score (nSPS) is 11.9. The molecule has 2 aromatic rings. The second-order valence-corrected chi connectivity index (χ2v) is 6.97. The zero-order chi connectivity index (χ0) is 14.0. The molecule has 2 aromatic heterocycles. The highest BCUT2D eigenvalue weighted by atomic mass is 32.2. The maximum Gasteiger partial charge on any atom is 0.305 e. The minimum atomic E-state index is -3.64. The Morgan fingerprint density at radius 1 is 1.53 bits per heavy atom. The molecule has 2 N–H and O–H groups in total. The maximum absolute atomic E-state index is 12.0. The van der Waals surface area contributed by atoms with Crippen molar-refractivity contribution < 1.29 is 8.42 Å². The lowest BCUT2D eigenvalue weighted by Gasteiger charge is -2.05. The van der Waals surface area contributed by atoms with Crippen LogP contribution in [0.15, 0.2) is 21.4 Å². The summed E-state index contributed by atoms with van der Waals surface area (Å²) in [5, 5.41) is 0. The molecular formula is C10H14N4O3S2. The van der Waals surface area contributed by atoms with E-state index in [1.165, 1.54) is 0 Å². The number of thiazole rings is 1. The van der Waals surface area contributed by atoms with Crippen LogP contribution in [0.25, 0.3) is 0 Å². The third-order valence-corrected chi connectivity index (χ3v) is 5.65. The lowest BCUT2D eigenvalue weighted by molar-refractivity contribution is 0.581. The fourth-order valence-electron chi connectivity index (χ4n) is 1.65. The zero-order valence-electron chi connectivity index (χ0n) is 10.5. The third-order valence-electron chi connectivity index (χ3n) is 2.59. The van der Waals surface area contributed by atoms with E-state index in [9.17, 15) is 13.2 Å². The number of imidazole rings is 1. The van der Waals surface area contributed by atoms with Gasteiger partial charge in [-0.05, 0) is 6.92 Å². The number of hydrogen-bond acceptors (Lipinski definition) is 5. The maximum atomic E-state index is 12.0. The fraction of sp³-hybridized carbons (Fsp3) is 0.400. The van der Waals surface area contributed by atoms with Crippen LogP contribution in [0.1, 0.15) is 11.5 Å². The summed E-state index contributed by atoms with van der Waals surface area (Å²) in [4.78, 5) is 17.3. The molecule has 0 aliphatic carbocycles. The molecule has 0 aromatic carbocycles. The van der Waals surface area contributed by atoms with E-state index in [0.717, 1.165) is 5.82 Å². The molecule has 0 aliphatic rings. The summed E-state index contributed by atoms with van der Waals surface area (Å²) in [6.07, 6.45) is 3.94. The van der Waals surface area contributed by atoms with Gasteiger partial charge in [0.05, 0.1) is 0 Å². The molecule has 7 nitrogen and oxygen atoms in total. The van der Waals surface area contributed by atoms with Crippen LogP contribution in [-0.2, 0) is 23.5 Å². The summed E-state index contributed by atoms with van der Waals surface area (Å²) < 4.78 is 28.3. The van der Waals surface area contributed by atoms with Gasteiger partial charge in [-0.15, -0.1) is 0 Å². The summed E-state index contributed by atoms with van der Waals surface area (Å²) in [7, 11) is -1.79. The van der Waals surface area contributed by atoms with Gasteiger partial charge in [0.15, 0.2) is 4.21 Å². The van der Waals surface area contributed by atoms with Gasteiger partial charge >= 0.3 is 4.87 Å². The van der Waals surface area contributed by atoms with Gasteiger partial charge in [0, 0.05) is 38.1 Å². The third kappa shape index (κ3) is 3.11. The van der Waals surface area contributed by atoms with Crippen molar-refractivity contribution in [1.82, 2.24) is 19.3 Å². The lowest BCUT2D eigenvalue weighted by Crippen LogP contribution is -2.26. The largest absolute Gasteiger partial charge is 0.338 e. The van der Waals surface area contributed by atoms with Crippen molar-refractivity contribution in [3.05, 3.63) is 33.6 Å². The first-order chi connectivity index (χ1) is 8.90. The van der Waals surface area contributed by atoms with E-state index in [2.05, 4.69) is 14.7 Å². The van der Waals surface area contributed by atoms with E-state index in [-0.39, 0.29) is 15.6 Å². The second kappa shape index (κ2) is 5.27. The van der Waals surface area contributed by atoms with Crippen molar-refractivity contribution in [1.29, 1.82) is 0 Å². The number of sulfonamides is 1. The Morgan fingerprint density at radius 3 is 2.79 bits per heavy atom. The highest BCUT2D eigenvalue weighted by Crippen LogP contribution is 2.15. The highest BCUT2D eigenvalue weighted by Gasteiger charge is 2.20. The van der Waals surface area contributed by atoms with Crippen LogP contribution in [0, 0.1) is 6.92 Å². The second-order valence-electron chi connectivity index (χ2n) is 4.03. The highest BCUT2D eigenvalue weighted by molar-refractivity contribution is 7.91. The molecule has 0 fully saturated rings. The first-order valence-electron chi connectivity index (χ1n) is 5.56. The van der Waals surface area contributed by atoms with E-state index in [0.29, 0.717) is 23.5 Å². The fourth-order valence-corrected chi connectivity index (χ4v) is 4.02. The van der Waals surface area contributed by atoms with E-state index in [1.807, 2.05) is 11.6 Å². The minimum absolute atomic E-state index is 0.0392. The van der Waals surface area contributed by atoms with Crippen molar-refractivity contribution in [2.75, 3.05) is 6.54 Å². The van der Waals surface area contributed by atoms with Gasteiger partial charge < -0.3 is 9.55 Å². The van der Waals surface area contributed by atoms with Gasteiger partial charge in [-0.25, -0.2) is 18.1 Å². The summed E-state index contributed by atoms with van der Waals surface area (Å²) >= 11 is 0.690. The molecule has 0 atom stereocenters. The molecule has 0 spiro atoms. The van der Waals surface area contributed by atoms with Gasteiger partial charge in [-0.2, -0.15) is 0 Å². The topological polar surface area (TPSA) is 96.8 Å². The monoisotopic (exact) mass is 302 g/mol. The van der Waals surface area contributed by atoms with Crippen LogP contribution in [0.4, 0.5) is 0 Å². The average molecular weight is 302 g/mol. The average Bonchev–Trinajstić information content (AvgIpc) is 2.86. The molecule has 0 aliphatic heterocycles. The predicted octanol–water partition coefficient (Wildman–Crippen LogP) is -0.000680. The van der Waals surface area contributed by atoms with Gasteiger partial charge in [0.2, 0.25) is 0 Å². The van der Waals surface area contributed by atoms with E-state index in [1.54, 1.807) is 19.3 Å². The molecule has 2 heterocycles. The molecule has 104 valence electrons. The Bertz CT molecular complexity index is 726. The van der Waals surface area contributed by atoms with E-state index < -0.39 is 10.0 Å². The summed E-state index contributed by atoms with van der Waals surface area (Å²) in [6.45, 7) is 1.80. The molecule has 0 amide bonds. The Morgan fingerprint density at radius 2 is 2.26 bits per heavy atom. The minimum Gasteiger partial charge on any atom is -0.338 e. The molecule has 19 heavy (non-hydrogen) atoms. The molecular weight excluding hydrogens is 288 g/mol. The SMILES string of the molecule is Cc1[nH]c(=O)sc1S(=O)(=O)NCCc1nccn1C. The number of aromatic nitrogens is 3. The molecule has 0 saturated heterocycles. The Balaban J connectivity index is 2.05. The first-order valence-corrected chi connectivity index (χ1v) is 7.85. The molecule has 0 radical (unpaired) electrons. The van der Waals surface area contributed by atoms with Crippen LogP contribution < -0.4 is 9.60 Å². The first kappa shape index (κ1) is 14.0. The Kier molecular flexibility index (Phi) is 3.88. The molecule has 0 unspecified atom stereocenters. The quantitative estimate of drug-likeness (QED) is 0.812. The van der Waals surface area contributed by atoms with Crippen molar-refractivity contribution in [2.24, 2.45) is 7.05 Å². The Labute approximate surface area is 114 Å². The van der Waals surface area contributed by atoms with Gasteiger partial charge in [0.25, 0.3) is 10.0 Å².